The van der Waals surface area contributed by atoms with Gasteiger partial charge in [-0.25, -0.2) is 0 Å². The zero-order chi connectivity index (χ0) is 22.3. The molecule has 1 rings (SSSR count). The molecule has 1 fully saturated rings. The van der Waals surface area contributed by atoms with Gasteiger partial charge < -0.3 is 36.6 Å². The maximum Gasteiger partial charge on any atom is 0.325 e. The van der Waals surface area contributed by atoms with E-state index in [1.165, 1.54) is 6.92 Å². The number of nitrogens with two attached hydrogens (primary N) is 1. The summed E-state index contributed by atoms with van der Waals surface area (Å²) in [5, 5.41) is 31.0. The van der Waals surface area contributed by atoms with Crippen molar-refractivity contribution in [2.45, 2.75) is 56.8 Å². The van der Waals surface area contributed by atoms with Crippen LogP contribution in [-0.2, 0) is 28.8 Å². The van der Waals surface area contributed by atoms with Gasteiger partial charge >= 0.3 is 17.9 Å². The first kappa shape index (κ1) is 23.8. The van der Waals surface area contributed by atoms with E-state index in [4.69, 9.17) is 21.1 Å². The van der Waals surface area contributed by atoms with Crippen molar-refractivity contribution >= 4 is 35.6 Å². The van der Waals surface area contributed by atoms with E-state index in [9.17, 15) is 28.8 Å². The van der Waals surface area contributed by atoms with Crippen LogP contribution in [0.3, 0.4) is 0 Å². The Morgan fingerprint density at radius 1 is 1.03 bits per heavy atom. The molecule has 1 aliphatic rings. The van der Waals surface area contributed by atoms with Crippen LogP contribution in [0.25, 0.3) is 0 Å². The predicted octanol–water partition coefficient (Wildman–Crippen LogP) is -2.67. The lowest BCUT2D eigenvalue weighted by molar-refractivity contribution is -0.147. The van der Waals surface area contributed by atoms with Crippen molar-refractivity contribution in [3.63, 3.8) is 0 Å². The maximum absolute atomic E-state index is 12.8. The first-order chi connectivity index (χ1) is 13.4. The lowest BCUT2D eigenvalue weighted by Gasteiger charge is -2.29. The molecule has 0 aliphatic carbocycles. The molecule has 0 bridgehead atoms. The van der Waals surface area contributed by atoms with E-state index in [-0.39, 0.29) is 13.0 Å². The van der Waals surface area contributed by atoms with Crippen molar-refractivity contribution in [2.24, 2.45) is 5.73 Å². The fourth-order valence-electron chi connectivity index (χ4n) is 2.81. The third kappa shape index (κ3) is 7.03. The van der Waals surface area contributed by atoms with Crippen LogP contribution in [0.1, 0.15) is 32.6 Å². The van der Waals surface area contributed by atoms with Gasteiger partial charge in [-0.15, -0.1) is 0 Å². The van der Waals surface area contributed by atoms with Crippen molar-refractivity contribution in [2.75, 3.05) is 6.54 Å². The van der Waals surface area contributed by atoms with E-state index < -0.39 is 72.6 Å². The molecule has 162 valence electrons. The summed E-state index contributed by atoms with van der Waals surface area (Å²) in [5.41, 5.74) is 5.42. The van der Waals surface area contributed by atoms with Gasteiger partial charge in [0.2, 0.25) is 17.7 Å². The molecule has 4 unspecified atom stereocenters. The Balaban J connectivity index is 2.92. The average Bonchev–Trinajstić information content (AvgIpc) is 3.08. The average molecular weight is 416 g/mol. The molecule has 1 aliphatic heterocycles. The number of carboxylic acids is 3. The second-order valence-corrected chi connectivity index (χ2v) is 6.62. The molecule has 7 N–H and O–H groups in total. The van der Waals surface area contributed by atoms with Gasteiger partial charge in [0.15, 0.2) is 0 Å². The molecule has 0 aromatic rings. The van der Waals surface area contributed by atoms with Crippen molar-refractivity contribution in [1.82, 2.24) is 15.5 Å². The lowest BCUT2D eigenvalue weighted by atomic mass is 10.1. The topological polar surface area (TPSA) is 216 Å². The second kappa shape index (κ2) is 10.4. The number of nitrogens with zero attached hydrogens (tertiary/aromatic N) is 1. The monoisotopic (exact) mass is 416 g/mol. The van der Waals surface area contributed by atoms with E-state index >= 15 is 0 Å². The van der Waals surface area contributed by atoms with Gasteiger partial charge in [-0.1, -0.05) is 0 Å². The summed E-state index contributed by atoms with van der Waals surface area (Å²) in [4.78, 5) is 70.8. The molecule has 1 saturated heterocycles. The molecule has 13 nitrogen and oxygen atoms in total. The summed E-state index contributed by atoms with van der Waals surface area (Å²) in [5.74, 6) is -6.62. The zero-order valence-corrected chi connectivity index (χ0v) is 15.7. The fraction of sp³-hybridized carbons (Fsp3) is 0.625. The number of rotatable bonds is 10. The molecule has 0 radical (unpaired) electrons. The van der Waals surface area contributed by atoms with Gasteiger partial charge in [-0.05, 0) is 19.8 Å². The molecule has 0 saturated carbocycles. The highest BCUT2D eigenvalue weighted by atomic mass is 16.4. The van der Waals surface area contributed by atoms with Gasteiger partial charge in [-0.3, -0.25) is 28.8 Å². The van der Waals surface area contributed by atoms with Crippen LogP contribution in [0.4, 0.5) is 0 Å². The first-order valence-corrected chi connectivity index (χ1v) is 8.77. The second-order valence-electron chi connectivity index (χ2n) is 6.62. The Morgan fingerprint density at radius 3 is 2.14 bits per heavy atom. The van der Waals surface area contributed by atoms with Crippen molar-refractivity contribution in [1.29, 1.82) is 0 Å². The highest BCUT2D eigenvalue weighted by Crippen LogP contribution is 2.19. The highest BCUT2D eigenvalue weighted by molar-refractivity contribution is 5.96. The smallest absolute Gasteiger partial charge is 0.325 e. The largest absolute Gasteiger partial charge is 0.481 e. The molecule has 4 atom stereocenters. The summed E-state index contributed by atoms with van der Waals surface area (Å²) in [6.07, 6.45) is -0.879. The van der Waals surface area contributed by atoms with Gasteiger partial charge in [0.25, 0.3) is 0 Å². The molecule has 1 heterocycles. The van der Waals surface area contributed by atoms with Crippen LogP contribution in [0.2, 0.25) is 0 Å². The van der Waals surface area contributed by atoms with E-state index in [2.05, 4.69) is 10.6 Å². The normalized spacial score (nSPS) is 19.0. The van der Waals surface area contributed by atoms with Crippen LogP contribution in [-0.4, -0.2) is 86.6 Å². The van der Waals surface area contributed by atoms with Crippen LogP contribution >= 0.6 is 0 Å². The van der Waals surface area contributed by atoms with E-state index in [1.807, 2.05) is 0 Å². The van der Waals surface area contributed by atoms with E-state index in [0.717, 1.165) is 4.90 Å². The molecule has 13 heteroatoms. The van der Waals surface area contributed by atoms with Gasteiger partial charge in [-0.2, -0.15) is 0 Å². The predicted molar refractivity (Wildman–Crippen MR) is 94.4 cm³/mol. The van der Waals surface area contributed by atoms with Crippen molar-refractivity contribution in [3.8, 4) is 0 Å². The third-order valence-corrected chi connectivity index (χ3v) is 4.29. The minimum Gasteiger partial charge on any atom is -0.481 e. The van der Waals surface area contributed by atoms with Crippen LogP contribution in [0, 0.1) is 0 Å². The third-order valence-electron chi connectivity index (χ3n) is 4.29. The number of aliphatic carboxylic acids is 3. The Morgan fingerprint density at radius 2 is 1.62 bits per heavy atom. The minimum absolute atomic E-state index is 0.103. The van der Waals surface area contributed by atoms with E-state index in [1.54, 1.807) is 0 Å². The molecular weight excluding hydrogens is 392 g/mol. The summed E-state index contributed by atoms with van der Waals surface area (Å²) in [6.45, 7) is 1.35. The SMILES string of the molecule is CC(NC(=O)C1CCCN1C(=O)C(CC(=O)O)NC(=O)C(N)CC(=O)O)C(=O)O. The van der Waals surface area contributed by atoms with Gasteiger partial charge in [0.05, 0.1) is 18.9 Å². The van der Waals surface area contributed by atoms with Crippen LogP contribution in [0.15, 0.2) is 0 Å². The highest BCUT2D eigenvalue weighted by Gasteiger charge is 2.39. The Labute approximate surface area is 165 Å². The summed E-state index contributed by atoms with van der Waals surface area (Å²) in [6, 6.07) is -5.27. The number of hydrogen-bond donors (Lipinski definition) is 6. The Kier molecular flexibility index (Phi) is 8.51. The van der Waals surface area contributed by atoms with Gasteiger partial charge in [0, 0.05) is 6.54 Å². The molecular formula is C16H24N4O9. The number of amides is 3. The summed E-state index contributed by atoms with van der Waals surface area (Å²) in [7, 11) is 0. The fourth-order valence-corrected chi connectivity index (χ4v) is 2.81. The quantitative estimate of drug-likeness (QED) is 0.217. The van der Waals surface area contributed by atoms with Crippen LogP contribution in [0.5, 0.6) is 0 Å². The minimum atomic E-state index is -1.56. The number of carbonyl (C=O) groups is 6. The number of carbonyl (C=O) groups excluding carboxylic acids is 3. The number of carboxylic acid groups (broad SMARTS) is 3. The zero-order valence-electron chi connectivity index (χ0n) is 15.7. The lowest BCUT2D eigenvalue weighted by Crippen LogP contribution is -2.57. The number of hydrogen-bond acceptors (Lipinski definition) is 7. The summed E-state index contributed by atoms with van der Waals surface area (Å²) >= 11 is 0. The standard InChI is InChI=1S/C16H24N4O9/c1-7(16(28)29)18-14(26)10-3-2-4-20(10)15(27)9(6-12(23)24)19-13(25)8(17)5-11(21)22/h7-10H,2-6,17H2,1H3,(H,18,26)(H,19,25)(H,21,22)(H,23,24)(H,28,29). The molecule has 3 amide bonds. The van der Waals surface area contributed by atoms with Crippen molar-refractivity contribution in [3.05, 3.63) is 0 Å². The molecule has 0 spiro atoms. The van der Waals surface area contributed by atoms with Gasteiger partial charge in [0.1, 0.15) is 18.1 Å². The van der Waals surface area contributed by atoms with Crippen molar-refractivity contribution < 1.29 is 44.1 Å². The Hall–Kier alpha value is -3.22. The van der Waals surface area contributed by atoms with Crippen LogP contribution < -0.4 is 16.4 Å². The first-order valence-electron chi connectivity index (χ1n) is 8.77. The Bertz CT molecular complexity index is 696. The maximum atomic E-state index is 12.8. The molecule has 0 aromatic carbocycles. The molecule has 29 heavy (non-hydrogen) atoms. The number of nitrogens with one attached hydrogen (secondary N) is 2. The van der Waals surface area contributed by atoms with E-state index in [0.29, 0.717) is 6.42 Å². The summed E-state index contributed by atoms with van der Waals surface area (Å²) < 4.78 is 0. The number of likely N-dealkylation sites (tertiary alicyclic amines) is 1. The molecule has 0 aromatic heterocycles.